The molecule has 7 heteroatoms. The molecule has 2 amide bonds. The van der Waals surface area contributed by atoms with E-state index >= 15 is 0 Å². The van der Waals surface area contributed by atoms with Crippen LogP contribution in [0.4, 0.5) is 10.1 Å². The number of halogens is 1. The minimum Gasteiger partial charge on any atom is -0.354 e. The Hall–Kier alpha value is -1.99. The Morgan fingerprint density at radius 1 is 1.26 bits per heavy atom. The van der Waals surface area contributed by atoms with Crippen LogP contribution in [0.25, 0.3) is 0 Å². The molecule has 6 nitrogen and oxygen atoms in total. The van der Waals surface area contributed by atoms with Crippen molar-refractivity contribution in [2.75, 3.05) is 38.0 Å². The first kappa shape index (κ1) is 19.8. The van der Waals surface area contributed by atoms with Crippen molar-refractivity contribution < 1.29 is 14.0 Å². The Morgan fingerprint density at radius 3 is 2.93 bits per heavy atom. The maximum atomic E-state index is 13.2. The molecule has 2 aliphatic heterocycles. The molecule has 2 saturated heterocycles. The fraction of sp³-hybridized carbons (Fsp3) is 0.600. The van der Waals surface area contributed by atoms with Crippen LogP contribution in [0.2, 0.25) is 0 Å². The van der Waals surface area contributed by atoms with Gasteiger partial charge in [0.25, 0.3) is 0 Å². The minimum absolute atomic E-state index is 0.0313. The average molecular weight is 376 g/mol. The highest BCUT2D eigenvalue weighted by Gasteiger charge is 2.24. The highest BCUT2D eigenvalue weighted by Crippen LogP contribution is 2.17. The monoisotopic (exact) mass is 376 g/mol. The summed E-state index contributed by atoms with van der Waals surface area (Å²) in [5.41, 5.74) is 0.486. The van der Waals surface area contributed by atoms with Crippen molar-refractivity contribution in [2.45, 2.75) is 38.1 Å². The second kappa shape index (κ2) is 9.80. The van der Waals surface area contributed by atoms with Crippen LogP contribution < -0.4 is 16.0 Å². The number of benzene rings is 1. The topological polar surface area (TPSA) is 73.5 Å². The van der Waals surface area contributed by atoms with Gasteiger partial charge in [-0.3, -0.25) is 9.59 Å². The van der Waals surface area contributed by atoms with Crippen LogP contribution in [0.1, 0.15) is 32.1 Å². The molecule has 2 atom stereocenters. The van der Waals surface area contributed by atoms with Gasteiger partial charge < -0.3 is 20.9 Å². The number of hydrogen-bond donors (Lipinski definition) is 3. The third kappa shape index (κ3) is 6.29. The van der Waals surface area contributed by atoms with E-state index in [0.29, 0.717) is 31.1 Å². The highest BCUT2D eigenvalue weighted by molar-refractivity contribution is 5.90. The summed E-state index contributed by atoms with van der Waals surface area (Å²) in [6.07, 6.45) is 4.54. The van der Waals surface area contributed by atoms with Gasteiger partial charge in [0.1, 0.15) is 5.82 Å². The molecule has 2 aliphatic rings. The molecular weight excluding hydrogens is 347 g/mol. The number of carbonyl (C=O) groups is 2. The Bertz CT molecular complexity index is 649. The third-order valence-electron chi connectivity index (χ3n) is 5.31. The summed E-state index contributed by atoms with van der Waals surface area (Å²) in [7, 11) is 0. The molecule has 1 aromatic rings. The maximum absolute atomic E-state index is 13.2. The molecule has 3 N–H and O–H groups in total. The van der Waals surface area contributed by atoms with E-state index < -0.39 is 0 Å². The predicted molar refractivity (Wildman–Crippen MR) is 103 cm³/mol. The van der Waals surface area contributed by atoms with Gasteiger partial charge >= 0.3 is 0 Å². The number of hydrogen-bond acceptors (Lipinski definition) is 4. The van der Waals surface area contributed by atoms with E-state index in [1.54, 1.807) is 12.1 Å². The largest absolute Gasteiger partial charge is 0.354 e. The van der Waals surface area contributed by atoms with Crippen LogP contribution in [-0.2, 0) is 9.59 Å². The Labute approximate surface area is 159 Å². The molecule has 0 aliphatic carbocycles. The lowest BCUT2D eigenvalue weighted by Gasteiger charge is -2.32. The molecule has 27 heavy (non-hydrogen) atoms. The number of piperidine rings is 1. The minimum atomic E-state index is -0.360. The van der Waals surface area contributed by atoms with Gasteiger partial charge in [-0.2, -0.15) is 0 Å². The second-order valence-electron chi connectivity index (χ2n) is 7.51. The van der Waals surface area contributed by atoms with Gasteiger partial charge in [0.15, 0.2) is 0 Å². The van der Waals surface area contributed by atoms with E-state index in [1.807, 2.05) is 0 Å². The number of amides is 2. The first-order chi connectivity index (χ1) is 13.1. The molecule has 0 bridgehead atoms. The number of nitrogens with one attached hydrogen (secondary N) is 3. The molecule has 0 saturated carbocycles. The van der Waals surface area contributed by atoms with Gasteiger partial charge in [-0.25, -0.2) is 4.39 Å². The SMILES string of the molecule is O=C(CCN1CCCC(CNC(=O)C2CCCN2)C1)Nc1cccc(F)c1. The average Bonchev–Trinajstić information content (AvgIpc) is 3.20. The first-order valence-electron chi connectivity index (χ1n) is 9.89. The Balaban J connectivity index is 1.36. The smallest absolute Gasteiger partial charge is 0.237 e. The lowest BCUT2D eigenvalue weighted by atomic mass is 9.97. The van der Waals surface area contributed by atoms with Crippen molar-refractivity contribution in [3.8, 4) is 0 Å². The van der Waals surface area contributed by atoms with Crippen LogP contribution in [-0.4, -0.2) is 55.5 Å². The number of carbonyl (C=O) groups excluding carboxylic acids is 2. The number of nitrogens with zero attached hydrogens (tertiary/aromatic N) is 1. The molecule has 2 unspecified atom stereocenters. The van der Waals surface area contributed by atoms with Gasteiger partial charge in [0.05, 0.1) is 6.04 Å². The van der Waals surface area contributed by atoms with E-state index in [0.717, 1.165) is 45.3 Å². The van der Waals surface area contributed by atoms with Crippen LogP contribution in [0.15, 0.2) is 24.3 Å². The quantitative estimate of drug-likeness (QED) is 0.678. The summed E-state index contributed by atoms with van der Waals surface area (Å²) in [6, 6.07) is 5.90. The lowest BCUT2D eigenvalue weighted by Crippen LogP contribution is -2.45. The van der Waals surface area contributed by atoms with Gasteiger partial charge in [0.2, 0.25) is 11.8 Å². The summed E-state index contributed by atoms with van der Waals surface area (Å²) in [5, 5.41) is 9.03. The fourth-order valence-electron chi connectivity index (χ4n) is 3.85. The van der Waals surface area contributed by atoms with Crippen LogP contribution in [0.3, 0.4) is 0 Å². The molecule has 0 aromatic heterocycles. The van der Waals surface area contributed by atoms with E-state index in [9.17, 15) is 14.0 Å². The van der Waals surface area contributed by atoms with Crippen molar-refractivity contribution in [1.82, 2.24) is 15.5 Å². The van der Waals surface area contributed by atoms with Gasteiger partial charge in [0, 0.05) is 31.7 Å². The van der Waals surface area contributed by atoms with Crippen LogP contribution in [0, 0.1) is 11.7 Å². The van der Waals surface area contributed by atoms with E-state index in [-0.39, 0.29) is 23.7 Å². The van der Waals surface area contributed by atoms with E-state index in [4.69, 9.17) is 0 Å². The Morgan fingerprint density at radius 2 is 2.15 bits per heavy atom. The molecule has 148 valence electrons. The normalized spacial score (nSPS) is 23.1. The van der Waals surface area contributed by atoms with Crippen molar-refractivity contribution >= 4 is 17.5 Å². The van der Waals surface area contributed by atoms with E-state index in [1.165, 1.54) is 12.1 Å². The molecule has 3 rings (SSSR count). The number of likely N-dealkylation sites (tertiary alicyclic amines) is 1. The number of anilines is 1. The molecule has 2 heterocycles. The lowest BCUT2D eigenvalue weighted by molar-refractivity contribution is -0.123. The van der Waals surface area contributed by atoms with Crippen molar-refractivity contribution in [3.63, 3.8) is 0 Å². The van der Waals surface area contributed by atoms with E-state index in [2.05, 4.69) is 20.9 Å². The van der Waals surface area contributed by atoms with Crippen molar-refractivity contribution in [3.05, 3.63) is 30.1 Å². The summed E-state index contributed by atoms with van der Waals surface area (Å²) in [4.78, 5) is 26.5. The summed E-state index contributed by atoms with van der Waals surface area (Å²) < 4.78 is 13.2. The molecular formula is C20H29FN4O2. The maximum Gasteiger partial charge on any atom is 0.237 e. The van der Waals surface area contributed by atoms with Crippen LogP contribution in [0.5, 0.6) is 0 Å². The Kier molecular flexibility index (Phi) is 7.18. The highest BCUT2D eigenvalue weighted by atomic mass is 19.1. The van der Waals surface area contributed by atoms with Gasteiger partial charge in [-0.05, 0) is 62.9 Å². The van der Waals surface area contributed by atoms with Gasteiger partial charge in [-0.15, -0.1) is 0 Å². The summed E-state index contributed by atoms with van der Waals surface area (Å²) >= 11 is 0. The number of rotatable bonds is 7. The molecule has 1 aromatic carbocycles. The second-order valence-corrected chi connectivity index (χ2v) is 7.51. The molecule has 2 fully saturated rings. The zero-order valence-electron chi connectivity index (χ0n) is 15.7. The standard InChI is InChI=1S/C20H29FN4O2/c21-16-5-1-6-17(12-16)24-19(26)8-11-25-10-3-4-15(14-25)13-23-20(27)18-7-2-9-22-18/h1,5-6,12,15,18,22H,2-4,7-11,13-14H2,(H,23,27)(H,24,26). The zero-order valence-corrected chi connectivity index (χ0v) is 15.7. The molecule has 0 spiro atoms. The fourth-order valence-corrected chi connectivity index (χ4v) is 3.85. The predicted octanol–water partition coefficient (Wildman–Crippen LogP) is 1.73. The molecule has 0 radical (unpaired) electrons. The zero-order chi connectivity index (χ0) is 19.1. The van der Waals surface area contributed by atoms with Crippen LogP contribution >= 0.6 is 0 Å². The first-order valence-corrected chi connectivity index (χ1v) is 9.89. The van der Waals surface area contributed by atoms with Crippen molar-refractivity contribution in [2.24, 2.45) is 5.92 Å². The van der Waals surface area contributed by atoms with Crippen molar-refractivity contribution in [1.29, 1.82) is 0 Å². The third-order valence-corrected chi connectivity index (χ3v) is 5.31. The summed E-state index contributed by atoms with van der Waals surface area (Å²) in [5.74, 6) is 0.0688. The van der Waals surface area contributed by atoms with Gasteiger partial charge in [-0.1, -0.05) is 6.07 Å². The summed E-state index contributed by atoms with van der Waals surface area (Å²) in [6.45, 7) is 4.17.